The smallest absolute Gasteiger partial charge is 0.259 e. The van der Waals surface area contributed by atoms with Gasteiger partial charge in [0.2, 0.25) is 0 Å². The lowest BCUT2D eigenvalue weighted by molar-refractivity contribution is -0.131. The fraction of sp³-hybridized carbons (Fsp3) is 0.192. The normalized spacial score (nSPS) is 13.4. The molecule has 1 aliphatic rings. The van der Waals surface area contributed by atoms with Crippen molar-refractivity contribution in [1.82, 2.24) is 5.32 Å². The van der Waals surface area contributed by atoms with Gasteiger partial charge >= 0.3 is 0 Å². The Morgan fingerprint density at radius 2 is 1.58 bits per heavy atom. The molecule has 1 fully saturated rings. The maximum absolute atomic E-state index is 13.0. The van der Waals surface area contributed by atoms with Crippen molar-refractivity contribution >= 4 is 56.6 Å². The highest BCUT2D eigenvalue weighted by molar-refractivity contribution is 9.10. The van der Waals surface area contributed by atoms with Crippen molar-refractivity contribution in [3.63, 3.8) is 0 Å². The standard InChI is InChI=1S/C26H23BrClN3O5/c1-36-22-9-7-18(13-20(22)24(33)30-17-5-3-16(27)4-6-17)31-23(32)19-12-15(2-8-21(19)28)14-29-25(34)26(35)10-11-26/h2-9,12-13,35H,10-11,14H2,1H3,(H,29,34)(H,30,33)(H,31,32). The summed E-state index contributed by atoms with van der Waals surface area (Å²) in [5.41, 5.74) is 0.773. The van der Waals surface area contributed by atoms with Gasteiger partial charge in [-0.25, -0.2) is 0 Å². The first-order valence-corrected chi connectivity index (χ1v) is 12.2. The van der Waals surface area contributed by atoms with Gasteiger partial charge in [-0.2, -0.15) is 0 Å². The Hall–Kier alpha value is -3.40. The van der Waals surface area contributed by atoms with Crippen molar-refractivity contribution in [2.75, 3.05) is 17.7 Å². The number of nitrogens with one attached hydrogen (secondary N) is 3. The number of carbonyl (C=O) groups excluding carboxylic acids is 3. The Balaban J connectivity index is 1.48. The SMILES string of the molecule is COc1ccc(NC(=O)c2cc(CNC(=O)C3(O)CC3)ccc2Cl)cc1C(=O)Nc1ccc(Br)cc1. The predicted molar refractivity (Wildman–Crippen MR) is 141 cm³/mol. The molecule has 4 rings (SSSR count). The van der Waals surface area contributed by atoms with Crippen LogP contribution >= 0.6 is 27.5 Å². The van der Waals surface area contributed by atoms with E-state index < -0.39 is 23.3 Å². The van der Waals surface area contributed by atoms with Gasteiger partial charge < -0.3 is 25.8 Å². The van der Waals surface area contributed by atoms with Crippen molar-refractivity contribution < 1.29 is 24.2 Å². The Kier molecular flexibility index (Phi) is 7.63. The quantitative estimate of drug-likeness (QED) is 0.311. The Labute approximate surface area is 221 Å². The topological polar surface area (TPSA) is 117 Å². The molecule has 3 aromatic carbocycles. The van der Waals surface area contributed by atoms with Gasteiger partial charge in [0.05, 0.1) is 23.3 Å². The number of methoxy groups -OCH3 is 1. The molecule has 4 N–H and O–H groups in total. The van der Waals surface area contributed by atoms with Crippen molar-refractivity contribution in [3.8, 4) is 5.75 Å². The van der Waals surface area contributed by atoms with Gasteiger partial charge in [-0.15, -0.1) is 0 Å². The van der Waals surface area contributed by atoms with Crippen LogP contribution < -0.4 is 20.7 Å². The first-order valence-electron chi connectivity index (χ1n) is 11.0. The van der Waals surface area contributed by atoms with Crippen LogP contribution in [-0.2, 0) is 11.3 Å². The number of hydrogen-bond acceptors (Lipinski definition) is 5. The summed E-state index contributed by atoms with van der Waals surface area (Å²) in [5.74, 6) is -0.983. The largest absolute Gasteiger partial charge is 0.496 e. The second kappa shape index (κ2) is 10.7. The molecule has 36 heavy (non-hydrogen) atoms. The van der Waals surface area contributed by atoms with Crippen molar-refractivity contribution in [3.05, 3.63) is 86.8 Å². The van der Waals surface area contributed by atoms with Crippen molar-refractivity contribution in [2.24, 2.45) is 0 Å². The first-order chi connectivity index (χ1) is 17.2. The number of benzene rings is 3. The van der Waals surface area contributed by atoms with Crippen LogP contribution in [0.4, 0.5) is 11.4 Å². The maximum atomic E-state index is 13.0. The lowest BCUT2D eigenvalue weighted by Crippen LogP contribution is -2.35. The van der Waals surface area contributed by atoms with E-state index in [0.717, 1.165) is 4.47 Å². The van der Waals surface area contributed by atoms with Gasteiger partial charge in [-0.3, -0.25) is 14.4 Å². The minimum Gasteiger partial charge on any atom is -0.496 e. The van der Waals surface area contributed by atoms with E-state index in [1.807, 2.05) is 0 Å². The van der Waals surface area contributed by atoms with Crippen LogP contribution in [0.5, 0.6) is 5.75 Å². The molecule has 1 aliphatic carbocycles. The lowest BCUT2D eigenvalue weighted by Gasteiger charge is -2.13. The number of carbonyl (C=O) groups is 3. The number of anilines is 2. The third-order valence-electron chi connectivity index (χ3n) is 5.68. The van der Waals surface area contributed by atoms with Crippen LogP contribution in [0.15, 0.2) is 65.1 Å². The van der Waals surface area contributed by atoms with Gasteiger partial charge in [-0.1, -0.05) is 33.6 Å². The fourth-order valence-electron chi connectivity index (χ4n) is 3.44. The summed E-state index contributed by atoms with van der Waals surface area (Å²) in [7, 11) is 1.45. The molecule has 0 heterocycles. The molecule has 186 valence electrons. The van der Waals surface area contributed by atoms with Crippen LogP contribution in [0.25, 0.3) is 0 Å². The Morgan fingerprint density at radius 3 is 2.25 bits per heavy atom. The van der Waals surface area contributed by atoms with E-state index in [0.29, 0.717) is 35.5 Å². The van der Waals surface area contributed by atoms with Crippen LogP contribution in [0.2, 0.25) is 5.02 Å². The van der Waals surface area contributed by atoms with Crippen LogP contribution in [-0.4, -0.2) is 35.5 Å². The summed E-state index contributed by atoms with van der Waals surface area (Å²) >= 11 is 9.61. The highest BCUT2D eigenvalue weighted by Gasteiger charge is 2.47. The number of aliphatic hydroxyl groups is 1. The van der Waals surface area contributed by atoms with E-state index in [9.17, 15) is 19.5 Å². The van der Waals surface area contributed by atoms with Crippen molar-refractivity contribution in [2.45, 2.75) is 25.0 Å². The number of ether oxygens (including phenoxy) is 1. The van der Waals surface area contributed by atoms with E-state index in [4.69, 9.17) is 16.3 Å². The van der Waals surface area contributed by atoms with Gasteiger partial charge in [0.1, 0.15) is 11.4 Å². The minimum atomic E-state index is -1.28. The first kappa shape index (κ1) is 25.7. The average molecular weight is 573 g/mol. The molecule has 0 bridgehead atoms. The second-order valence-corrected chi connectivity index (χ2v) is 9.68. The fourth-order valence-corrected chi connectivity index (χ4v) is 3.91. The van der Waals surface area contributed by atoms with Crippen LogP contribution in [0.1, 0.15) is 39.1 Å². The molecular formula is C26H23BrClN3O5. The summed E-state index contributed by atoms with van der Waals surface area (Å²) in [6, 6.07) is 16.7. The van der Waals surface area contributed by atoms with E-state index >= 15 is 0 Å². The number of rotatable bonds is 8. The average Bonchev–Trinajstić information content (AvgIpc) is 3.63. The zero-order valence-electron chi connectivity index (χ0n) is 19.2. The van der Waals surface area contributed by atoms with E-state index in [1.165, 1.54) is 13.2 Å². The summed E-state index contributed by atoms with van der Waals surface area (Å²) in [6.45, 7) is 0.140. The predicted octanol–water partition coefficient (Wildman–Crippen LogP) is 4.76. The molecule has 0 radical (unpaired) electrons. The van der Waals surface area contributed by atoms with Gasteiger partial charge in [0.15, 0.2) is 0 Å². The molecule has 8 nitrogen and oxygen atoms in total. The van der Waals surface area contributed by atoms with Crippen molar-refractivity contribution in [1.29, 1.82) is 0 Å². The lowest BCUT2D eigenvalue weighted by atomic mass is 10.1. The van der Waals surface area contributed by atoms with E-state index in [-0.39, 0.29) is 22.7 Å². The van der Waals surface area contributed by atoms with Crippen LogP contribution in [0, 0.1) is 0 Å². The zero-order valence-corrected chi connectivity index (χ0v) is 21.6. The van der Waals surface area contributed by atoms with Gasteiger partial charge in [0.25, 0.3) is 17.7 Å². The monoisotopic (exact) mass is 571 g/mol. The molecule has 3 amide bonds. The highest BCUT2D eigenvalue weighted by atomic mass is 79.9. The third-order valence-corrected chi connectivity index (χ3v) is 6.54. The zero-order chi connectivity index (χ0) is 25.9. The van der Waals surface area contributed by atoms with E-state index in [2.05, 4.69) is 31.9 Å². The molecule has 10 heteroatoms. The summed E-state index contributed by atoms with van der Waals surface area (Å²) in [6.07, 6.45) is 0.885. The molecule has 0 saturated heterocycles. The third kappa shape index (κ3) is 6.04. The Bertz CT molecular complexity index is 1330. The van der Waals surface area contributed by atoms with Gasteiger partial charge in [0, 0.05) is 22.4 Å². The molecule has 0 aliphatic heterocycles. The summed E-state index contributed by atoms with van der Waals surface area (Å²) in [4.78, 5) is 37.9. The van der Waals surface area contributed by atoms with Crippen LogP contribution in [0.3, 0.4) is 0 Å². The number of hydrogen-bond donors (Lipinski definition) is 4. The minimum absolute atomic E-state index is 0.140. The summed E-state index contributed by atoms with van der Waals surface area (Å²) in [5, 5.41) is 18.3. The summed E-state index contributed by atoms with van der Waals surface area (Å²) < 4.78 is 6.21. The number of halogens is 2. The maximum Gasteiger partial charge on any atom is 0.259 e. The molecule has 0 aromatic heterocycles. The number of amides is 3. The second-order valence-electron chi connectivity index (χ2n) is 8.36. The molecule has 1 saturated carbocycles. The molecule has 0 atom stereocenters. The molecular weight excluding hydrogens is 550 g/mol. The molecule has 3 aromatic rings. The van der Waals surface area contributed by atoms with Gasteiger partial charge in [-0.05, 0) is 73.0 Å². The van der Waals surface area contributed by atoms with E-state index in [1.54, 1.807) is 54.6 Å². The highest BCUT2D eigenvalue weighted by Crippen LogP contribution is 2.35. The molecule has 0 spiro atoms. The Morgan fingerprint density at radius 1 is 0.944 bits per heavy atom. The molecule has 0 unspecified atom stereocenters.